The van der Waals surface area contributed by atoms with E-state index < -0.39 is 10.0 Å². The van der Waals surface area contributed by atoms with Crippen molar-refractivity contribution in [1.82, 2.24) is 9.29 Å². The molecule has 0 amide bonds. The molecule has 0 spiro atoms. The molecule has 0 atom stereocenters. The van der Waals surface area contributed by atoms with Crippen LogP contribution in [0.15, 0.2) is 66.9 Å². The normalized spacial score (nSPS) is 15.8. The van der Waals surface area contributed by atoms with Gasteiger partial charge in [0.2, 0.25) is 10.0 Å². The van der Waals surface area contributed by atoms with Gasteiger partial charge in [-0.15, -0.1) is 0 Å². The highest BCUT2D eigenvalue weighted by molar-refractivity contribution is 7.89. The monoisotopic (exact) mass is 395 g/mol. The zero-order chi connectivity index (χ0) is 19.4. The first-order valence-electron chi connectivity index (χ1n) is 9.74. The Labute approximate surface area is 166 Å². The third kappa shape index (κ3) is 4.18. The fourth-order valence-electron chi connectivity index (χ4n) is 3.78. The highest BCUT2D eigenvalue weighted by Crippen LogP contribution is 2.26. The summed E-state index contributed by atoms with van der Waals surface area (Å²) in [7, 11) is -3.21. The fourth-order valence-corrected chi connectivity index (χ4v) is 5.27. The number of para-hydroxylation sites is 1. The first kappa shape index (κ1) is 18.9. The Morgan fingerprint density at radius 3 is 2.39 bits per heavy atom. The SMILES string of the molecule is O=S(=O)(CCCc1ccccc1)N1CCN(c2cccc3cccnc23)CC1. The van der Waals surface area contributed by atoms with Crippen molar-refractivity contribution in [3.05, 3.63) is 72.4 Å². The van der Waals surface area contributed by atoms with Crippen molar-refractivity contribution in [3.8, 4) is 0 Å². The Morgan fingerprint density at radius 1 is 0.857 bits per heavy atom. The van der Waals surface area contributed by atoms with Crippen LogP contribution in [-0.2, 0) is 16.4 Å². The Morgan fingerprint density at radius 2 is 1.61 bits per heavy atom. The third-order valence-corrected chi connectivity index (χ3v) is 7.25. The summed E-state index contributed by atoms with van der Waals surface area (Å²) in [6.07, 6.45) is 3.25. The third-order valence-electron chi connectivity index (χ3n) is 5.29. The zero-order valence-electron chi connectivity index (χ0n) is 15.9. The van der Waals surface area contributed by atoms with Gasteiger partial charge in [-0.1, -0.05) is 48.5 Å². The van der Waals surface area contributed by atoms with E-state index in [1.165, 1.54) is 5.56 Å². The van der Waals surface area contributed by atoms with Crippen molar-refractivity contribution in [3.63, 3.8) is 0 Å². The molecule has 2 aromatic carbocycles. The molecule has 0 radical (unpaired) electrons. The molecule has 0 saturated carbocycles. The summed E-state index contributed by atoms with van der Waals surface area (Å²) in [5.74, 6) is 0.206. The summed E-state index contributed by atoms with van der Waals surface area (Å²) in [4.78, 5) is 6.76. The molecule has 28 heavy (non-hydrogen) atoms. The summed E-state index contributed by atoms with van der Waals surface area (Å²) < 4.78 is 27.1. The maximum atomic E-state index is 12.7. The Hall–Kier alpha value is -2.44. The first-order chi connectivity index (χ1) is 13.6. The smallest absolute Gasteiger partial charge is 0.214 e. The maximum Gasteiger partial charge on any atom is 0.214 e. The molecule has 1 fully saturated rings. The number of aryl methyl sites for hydroxylation is 1. The first-order valence-corrected chi connectivity index (χ1v) is 11.3. The number of hydrogen-bond acceptors (Lipinski definition) is 4. The van der Waals surface area contributed by atoms with Crippen LogP contribution in [0.2, 0.25) is 0 Å². The minimum atomic E-state index is -3.21. The molecular formula is C22H25N3O2S. The average Bonchev–Trinajstić information content (AvgIpc) is 2.74. The van der Waals surface area contributed by atoms with E-state index in [1.54, 1.807) is 10.5 Å². The van der Waals surface area contributed by atoms with Gasteiger partial charge in [-0.2, -0.15) is 4.31 Å². The van der Waals surface area contributed by atoms with Crippen molar-refractivity contribution < 1.29 is 8.42 Å². The van der Waals surface area contributed by atoms with E-state index in [2.05, 4.69) is 28.1 Å². The average molecular weight is 396 g/mol. The van der Waals surface area contributed by atoms with Crippen LogP contribution in [-0.4, -0.2) is 49.6 Å². The number of sulfonamides is 1. The molecule has 0 bridgehead atoms. The Kier molecular flexibility index (Phi) is 5.59. The van der Waals surface area contributed by atoms with Gasteiger partial charge >= 0.3 is 0 Å². The van der Waals surface area contributed by atoms with E-state index >= 15 is 0 Å². The lowest BCUT2D eigenvalue weighted by molar-refractivity contribution is 0.384. The van der Waals surface area contributed by atoms with E-state index in [0.29, 0.717) is 32.6 Å². The number of aromatic nitrogens is 1. The van der Waals surface area contributed by atoms with Crippen molar-refractivity contribution in [2.75, 3.05) is 36.8 Å². The van der Waals surface area contributed by atoms with Crippen LogP contribution in [0.5, 0.6) is 0 Å². The molecule has 4 rings (SSSR count). The van der Waals surface area contributed by atoms with Gasteiger partial charge in [0.25, 0.3) is 0 Å². The molecule has 146 valence electrons. The van der Waals surface area contributed by atoms with Crippen LogP contribution in [0, 0.1) is 0 Å². The molecule has 5 nitrogen and oxygen atoms in total. The fraction of sp³-hybridized carbons (Fsp3) is 0.318. The number of nitrogens with zero attached hydrogens (tertiary/aromatic N) is 3. The maximum absolute atomic E-state index is 12.7. The van der Waals surface area contributed by atoms with Gasteiger partial charge in [-0.25, -0.2) is 8.42 Å². The van der Waals surface area contributed by atoms with Crippen molar-refractivity contribution in [1.29, 1.82) is 0 Å². The number of rotatable bonds is 6. The second-order valence-corrected chi connectivity index (χ2v) is 9.23. The standard InChI is InChI=1S/C22H25N3O2S/c26-28(27,18-6-9-19-7-2-1-3-8-19)25-16-14-24(15-17-25)21-12-4-10-20-11-5-13-23-22(20)21/h1-5,7-8,10-13H,6,9,14-18H2. The van der Waals surface area contributed by atoms with Crippen LogP contribution in [0.1, 0.15) is 12.0 Å². The molecule has 6 heteroatoms. The van der Waals surface area contributed by atoms with Crippen LogP contribution >= 0.6 is 0 Å². The number of fused-ring (bicyclic) bond motifs is 1. The highest BCUT2D eigenvalue weighted by atomic mass is 32.2. The topological polar surface area (TPSA) is 53.5 Å². The van der Waals surface area contributed by atoms with E-state index in [-0.39, 0.29) is 5.75 Å². The minimum absolute atomic E-state index is 0.206. The van der Waals surface area contributed by atoms with E-state index in [0.717, 1.165) is 23.0 Å². The van der Waals surface area contributed by atoms with Gasteiger partial charge in [-0.05, 0) is 30.5 Å². The summed E-state index contributed by atoms with van der Waals surface area (Å²) in [5, 5.41) is 1.11. The lowest BCUT2D eigenvalue weighted by Gasteiger charge is -2.35. The molecule has 1 aromatic heterocycles. The number of benzene rings is 2. The van der Waals surface area contributed by atoms with Crippen molar-refractivity contribution in [2.24, 2.45) is 0 Å². The molecule has 0 N–H and O–H groups in total. The van der Waals surface area contributed by atoms with Crippen LogP contribution in [0.4, 0.5) is 5.69 Å². The molecule has 0 aliphatic carbocycles. The van der Waals surface area contributed by atoms with Gasteiger partial charge in [0.15, 0.2) is 0 Å². The zero-order valence-corrected chi connectivity index (χ0v) is 16.7. The molecule has 1 aliphatic heterocycles. The van der Waals surface area contributed by atoms with Crippen molar-refractivity contribution >= 4 is 26.6 Å². The highest BCUT2D eigenvalue weighted by Gasteiger charge is 2.27. The predicted molar refractivity (Wildman–Crippen MR) is 114 cm³/mol. The van der Waals surface area contributed by atoms with Gasteiger partial charge in [0, 0.05) is 37.8 Å². The molecule has 0 unspecified atom stereocenters. The van der Waals surface area contributed by atoms with Crippen LogP contribution in [0.3, 0.4) is 0 Å². The molecular weight excluding hydrogens is 370 g/mol. The van der Waals surface area contributed by atoms with Crippen LogP contribution < -0.4 is 4.90 Å². The van der Waals surface area contributed by atoms with Crippen LogP contribution in [0.25, 0.3) is 10.9 Å². The number of piperazine rings is 1. The summed E-state index contributed by atoms with van der Waals surface area (Å²) in [6, 6.07) is 20.2. The van der Waals surface area contributed by atoms with Gasteiger partial charge in [0.1, 0.15) is 0 Å². The number of anilines is 1. The molecule has 3 aromatic rings. The predicted octanol–water partition coefficient (Wildman–Crippen LogP) is 3.32. The van der Waals surface area contributed by atoms with Gasteiger partial charge in [-0.3, -0.25) is 4.98 Å². The summed E-state index contributed by atoms with van der Waals surface area (Å²) in [6.45, 7) is 2.43. The Balaban J connectivity index is 1.36. The Bertz CT molecular complexity index is 1020. The van der Waals surface area contributed by atoms with E-state index in [1.807, 2.05) is 42.5 Å². The molecule has 2 heterocycles. The van der Waals surface area contributed by atoms with Gasteiger partial charge in [0.05, 0.1) is 17.0 Å². The second-order valence-electron chi connectivity index (χ2n) is 7.14. The van der Waals surface area contributed by atoms with Crippen molar-refractivity contribution in [2.45, 2.75) is 12.8 Å². The lowest BCUT2D eigenvalue weighted by Crippen LogP contribution is -2.49. The number of pyridine rings is 1. The lowest BCUT2D eigenvalue weighted by atomic mass is 10.1. The minimum Gasteiger partial charge on any atom is -0.367 e. The summed E-state index contributed by atoms with van der Waals surface area (Å²) >= 11 is 0. The van der Waals surface area contributed by atoms with E-state index in [4.69, 9.17) is 0 Å². The molecule has 1 saturated heterocycles. The quantitative estimate of drug-likeness (QED) is 0.643. The van der Waals surface area contributed by atoms with E-state index in [9.17, 15) is 8.42 Å². The largest absolute Gasteiger partial charge is 0.367 e. The summed E-state index contributed by atoms with van der Waals surface area (Å²) in [5.41, 5.74) is 3.24. The van der Waals surface area contributed by atoms with Gasteiger partial charge < -0.3 is 4.90 Å². The second kappa shape index (κ2) is 8.29. The molecule has 1 aliphatic rings. The number of hydrogen-bond donors (Lipinski definition) is 0.